The van der Waals surface area contributed by atoms with E-state index in [4.69, 9.17) is 0 Å². The van der Waals surface area contributed by atoms with Gasteiger partial charge < -0.3 is 20.0 Å². The Morgan fingerprint density at radius 1 is 0.893 bits per heavy atom. The van der Waals surface area contributed by atoms with Crippen LogP contribution < -0.4 is 10.2 Å². The number of hydrogen-bond acceptors (Lipinski definition) is 4. The Kier molecular flexibility index (Phi) is 6.31. The number of amides is 2. The molecule has 1 saturated heterocycles. The van der Waals surface area contributed by atoms with Crippen LogP contribution >= 0.6 is 0 Å². The fourth-order valence-corrected chi connectivity index (χ4v) is 3.26. The summed E-state index contributed by atoms with van der Waals surface area (Å²) in [5.74, 6) is -0.157. The van der Waals surface area contributed by atoms with Gasteiger partial charge in [0.2, 0.25) is 0 Å². The molecule has 0 aromatic heterocycles. The summed E-state index contributed by atoms with van der Waals surface area (Å²) in [6.45, 7) is 6.47. The lowest BCUT2D eigenvalue weighted by Gasteiger charge is -2.34. The maximum absolute atomic E-state index is 12.7. The van der Waals surface area contributed by atoms with Crippen molar-refractivity contribution in [3.8, 4) is 0 Å². The average Bonchev–Trinajstić information content (AvgIpc) is 2.73. The van der Waals surface area contributed by atoms with Gasteiger partial charge in [-0.25, -0.2) is 0 Å². The monoisotopic (exact) mass is 380 g/mol. The number of piperazine rings is 1. The standard InChI is InChI=1S/C22H28N4O2/c1-4-25-13-15-26(16-14-25)22(28)18-7-5-17(6-8-18)21(27)23-19-9-11-20(12-10-19)24(2)3/h5-12H,4,13-16H2,1-3H3,(H,23,27). The van der Waals surface area contributed by atoms with Crippen molar-refractivity contribution in [1.82, 2.24) is 9.80 Å². The second kappa shape index (κ2) is 8.89. The van der Waals surface area contributed by atoms with Crippen molar-refractivity contribution < 1.29 is 9.59 Å². The van der Waals surface area contributed by atoms with Crippen LogP contribution in [0.5, 0.6) is 0 Å². The Morgan fingerprint density at radius 3 is 2.00 bits per heavy atom. The van der Waals surface area contributed by atoms with Crippen molar-refractivity contribution >= 4 is 23.2 Å². The molecular weight excluding hydrogens is 352 g/mol. The van der Waals surface area contributed by atoms with Gasteiger partial charge in [0.25, 0.3) is 11.8 Å². The predicted molar refractivity (Wildman–Crippen MR) is 113 cm³/mol. The third-order valence-electron chi connectivity index (χ3n) is 5.14. The first kappa shape index (κ1) is 19.9. The Labute approximate surface area is 166 Å². The topological polar surface area (TPSA) is 55.9 Å². The second-order valence-electron chi connectivity index (χ2n) is 7.20. The van der Waals surface area contributed by atoms with E-state index in [1.54, 1.807) is 24.3 Å². The lowest BCUT2D eigenvalue weighted by atomic mass is 10.1. The minimum absolute atomic E-state index is 0.0296. The third kappa shape index (κ3) is 4.70. The first-order valence-corrected chi connectivity index (χ1v) is 9.68. The molecule has 1 N–H and O–H groups in total. The third-order valence-corrected chi connectivity index (χ3v) is 5.14. The van der Waals surface area contributed by atoms with Crippen molar-refractivity contribution in [3.63, 3.8) is 0 Å². The maximum Gasteiger partial charge on any atom is 0.255 e. The van der Waals surface area contributed by atoms with Crippen molar-refractivity contribution in [2.24, 2.45) is 0 Å². The van der Waals surface area contributed by atoms with Crippen LogP contribution in [-0.4, -0.2) is 68.4 Å². The van der Waals surface area contributed by atoms with Gasteiger partial charge in [0.15, 0.2) is 0 Å². The molecular formula is C22H28N4O2. The van der Waals surface area contributed by atoms with Gasteiger partial charge in [-0.15, -0.1) is 0 Å². The fraction of sp³-hybridized carbons (Fsp3) is 0.364. The van der Waals surface area contributed by atoms with Gasteiger partial charge in [-0.2, -0.15) is 0 Å². The molecule has 148 valence electrons. The molecule has 6 nitrogen and oxygen atoms in total. The molecule has 1 heterocycles. The molecule has 0 saturated carbocycles. The van der Waals surface area contributed by atoms with Crippen LogP contribution in [0.3, 0.4) is 0 Å². The lowest BCUT2D eigenvalue weighted by molar-refractivity contribution is 0.0643. The minimum Gasteiger partial charge on any atom is -0.378 e. The van der Waals surface area contributed by atoms with E-state index in [9.17, 15) is 9.59 Å². The zero-order valence-corrected chi connectivity index (χ0v) is 16.8. The molecule has 2 amide bonds. The van der Waals surface area contributed by atoms with Crippen LogP contribution in [0.4, 0.5) is 11.4 Å². The molecule has 6 heteroatoms. The molecule has 0 spiro atoms. The molecule has 3 rings (SSSR count). The summed E-state index contributed by atoms with van der Waals surface area (Å²) in [7, 11) is 3.94. The van der Waals surface area contributed by atoms with Gasteiger partial charge in [0, 0.05) is 62.8 Å². The van der Waals surface area contributed by atoms with Crippen molar-refractivity contribution in [2.45, 2.75) is 6.92 Å². The number of carbonyl (C=O) groups excluding carboxylic acids is 2. The van der Waals surface area contributed by atoms with E-state index >= 15 is 0 Å². The number of rotatable bonds is 5. The quantitative estimate of drug-likeness (QED) is 0.867. The van der Waals surface area contributed by atoms with Gasteiger partial charge in [-0.05, 0) is 55.1 Å². The number of likely N-dealkylation sites (N-methyl/N-ethyl adjacent to an activating group) is 1. The van der Waals surface area contributed by atoms with Crippen LogP contribution in [0.1, 0.15) is 27.6 Å². The number of nitrogens with one attached hydrogen (secondary N) is 1. The van der Waals surface area contributed by atoms with Crippen LogP contribution in [0.25, 0.3) is 0 Å². The summed E-state index contributed by atoms with van der Waals surface area (Å²) >= 11 is 0. The van der Waals surface area contributed by atoms with Crippen LogP contribution in [0.15, 0.2) is 48.5 Å². The van der Waals surface area contributed by atoms with E-state index in [0.717, 1.165) is 44.1 Å². The van der Waals surface area contributed by atoms with Gasteiger partial charge in [-0.3, -0.25) is 9.59 Å². The van der Waals surface area contributed by atoms with Crippen LogP contribution in [0, 0.1) is 0 Å². The molecule has 0 bridgehead atoms. The highest BCUT2D eigenvalue weighted by Crippen LogP contribution is 2.17. The van der Waals surface area contributed by atoms with Crippen molar-refractivity contribution in [3.05, 3.63) is 59.7 Å². The highest BCUT2D eigenvalue weighted by atomic mass is 16.2. The summed E-state index contributed by atoms with van der Waals surface area (Å²) in [6, 6.07) is 14.5. The zero-order chi connectivity index (χ0) is 20.1. The summed E-state index contributed by atoms with van der Waals surface area (Å²) in [4.78, 5) is 31.3. The fourth-order valence-electron chi connectivity index (χ4n) is 3.26. The van der Waals surface area contributed by atoms with E-state index < -0.39 is 0 Å². The summed E-state index contributed by atoms with van der Waals surface area (Å²) < 4.78 is 0. The van der Waals surface area contributed by atoms with E-state index in [2.05, 4.69) is 17.1 Å². The molecule has 2 aromatic carbocycles. The number of carbonyl (C=O) groups is 2. The number of anilines is 2. The first-order chi connectivity index (χ1) is 13.5. The van der Waals surface area contributed by atoms with E-state index in [1.807, 2.05) is 48.2 Å². The van der Waals surface area contributed by atoms with Crippen molar-refractivity contribution in [1.29, 1.82) is 0 Å². The average molecular weight is 380 g/mol. The largest absolute Gasteiger partial charge is 0.378 e. The molecule has 1 fully saturated rings. The van der Waals surface area contributed by atoms with E-state index in [-0.39, 0.29) is 11.8 Å². The van der Waals surface area contributed by atoms with Crippen LogP contribution in [-0.2, 0) is 0 Å². The molecule has 0 radical (unpaired) electrons. The molecule has 28 heavy (non-hydrogen) atoms. The van der Waals surface area contributed by atoms with Crippen LogP contribution in [0.2, 0.25) is 0 Å². The van der Waals surface area contributed by atoms with Gasteiger partial charge >= 0.3 is 0 Å². The molecule has 1 aliphatic rings. The minimum atomic E-state index is -0.187. The molecule has 0 aliphatic carbocycles. The van der Waals surface area contributed by atoms with Gasteiger partial charge in [0.1, 0.15) is 0 Å². The molecule has 0 atom stereocenters. The Balaban J connectivity index is 1.60. The second-order valence-corrected chi connectivity index (χ2v) is 7.20. The Bertz CT molecular complexity index is 807. The molecule has 2 aromatic rings. The molecule has 1 aliphatic heterocycles. The van der Waals surface area contributed by atoms with Crippen molar-refractivity contribution in [2.75, 3.05) is 57.0 Å². The summed E-state index contributed by atoms with van der Waals surface area (Å²) in [6.07, 6.45) is 0. The first-order valence-electron chi connectivity index (χ1n) is 9.68. The smallest absolute Gasteiger partial charge is 0.255 e. The number of benzene rings is 2. The maximum atomic E-state index is 12.7. The number of nitrogens with zero attached hydrogens (tertiary/aromatic N) is 3. The van der Waals surface area contributed by atoms with E-state index in [1.165, 1.54) is 0 Å². The van der Waals surface area contributed by atoms with E-state index in [0.29, 0.717) is 11.1 Å². The predicted octanol–water partition coefficient (Wildman–Crippen LogP) is 2.78. The highest BCUT2D eigenvalue weighted by Gasteiger charge is 2.21. The van der Waals surface area contributed by atoms with Gasteiger partial charge in [-0.1, -0.05) is 6.92 Å². The normalized spacial score (nSPS) is 14.6. The molecule has 0 unspecified atom stereocenters. The summed E-state index contributed by atoms with van der Waals surface area (Å²) in [5.41, 5.74) is 2.96. The summed E-state index contributed by atoms with van der Waals surface area (Å²) in [5, 5.41) is 2.89. The highest BCUT2D eigenvalue weighted by molar-refractivity contribution is 6.05. The number of hydrogen-bond donors (Lipinski definition) is 1. The van der Waals surface area contributed by atoms with Gasteiger partial charge in [0.05, 0.1) is 0 Å². The SMILES string of the molecule is CCN1CCN(C(=O)c2ccc(C(=O)Nc3ccc(N(C)C)cc3)cc2)CC1. The lowest BCUT2D eigenvalue weighted by Crippen LogP contribution is -2.48. The Hall–Kier alpha value is -2.86. The Morgan fingerprint density at radius 2 is 1.46 bits per heavy atom. The zero-order valence-electron chi connectivity index (χ0n) is 16.8.